The van der Waals surface area contributed by atoms with E-state index in [0.717, 1.165) is 5.06 Å². The van der Waals surface area contributed by atoms with Crippen molar-refractivity contribution in [2.24, 2.45) is 0 Å². The first-order chi connectivity index (χ1) is 11.2. The summed E-state index contributed by atoms with van der Waals surface area (Å²) in [6, 6.07) is -1.26. The summed E-state index contributed by atoms with van der Waals surface area (Å²) in [4.78, 5) is 37.0. The summed E-state index contributed by atoms with van der Waals surface area (Å²) in [5.41, 5.74) is -0.504. The van der Waals surface area contributed by atoms with E-state index < -0.39 is 17.7 Å². The zero-order valence-corrected chi connectivity index (χ0v) is 14.5. The van der Waals surface area contributed by atoms with E-state index in [1.165, 1.54) is 4.90 Å². The van der Waals surface area contributed by atoms with Gasteiger partial charge in [-0.15, -0.1) is 0 Å². The van der Waals surface area contributed by atoms with Crippen molar-refractivity contribution in [3.63, 3.8) is 0 Å². The van der Waals surface area contributed by atoms with Gasteiger partial charge in [-0.1, -0.05) is 0 Å². The van der Waals surface area contributed by atoms with Gasteiger partial charge in [0.05, 0.1) is 12.1 Å². The van der Waals surface area contributed by atoms with Gasteiger partial charge < -0.3 is 14.4 Å². The third-order valence-corrected chi connectivity index (χ3v) is 4.05. The number of amides is 2. The van der Waals surface area contributed by atoms with E-state index in [9.17, 15) is 19.6 Å². The van der Waals surface area contributed by atoms with Crippen LogP contribution in [0.5, 0.6) is 0 Å². The molecule has 2 atom stereocenters. The molecular weight excluding hydrogens is 316 g/mol. The maximum Gasteiger partial charge on any atom is 0.344 e. The number of carbonyl (C=O) groups excluding carboxylic acids is 3. The van der Waals surface area contributed by atoms with Crippen LogP contribution in [0.15, 0.2) is 0 Å². The highest BCUT2D eigenvalue weighted by atomic mass is 16.6. The topological polar surface area (TPSA) is 96.4 Å². The Bertz CT molecular complexity index is 501. The first-order valence-corrected chi connectivity index (χ1v) is 8.30. The molecule has 8 heteroatoms. The molecule has 2 amide bonds. The Labute approximate surface area is 141 Å². The molecule has 0 aromatic carbocycles. The van der Waals surface area contributed by atoms with E-state index in [1.54, 1.807) is 0 Å². The first-order valence-electron chi connectivity index (χ1n) is 8.30. The minimum atomic E-state index is -0.531. The summed E-state index contributed by atoms with van der Waals surface area (Å²) in [6.45, 7) is 5.98. The van der Waals surface area contributed by atoms with Gasteiger partial charge in [0.15, 0.2) is 5.78 Å². The number of fused-ring (bicyclic) bond motifs is 2. The minimum Gasteiger partial charge on any atom is -0.460 e. The van der Waals surface area contributed by atoms with Crippen molar-refractivity contribution in [2.75, 3.05) is 19.8 Å². The van der Waals surface area contributed by atoms with E-state index in [2.05, 4.69) is 0 Å². The van der Waals surface area contributed by atoms with Crippen molar-refractivity contribution in [1.29, 1.82) is 0 Å². The molecule has 2 aliphatic rings. The quantitative estimate of drug-likeness (QED) is 0.426. The normalized spacial score (nSPS) is 23.6. The van der Waals surface area contributed by atoms with Gasteiger partial charge in [0, 0.05) is 19.6 Å². The number of hydroxylamine groups is 2. The van der Waals surface area contributed by atoms with Gasteiger partial charge in [0.2, 0.25) is 0 Å². The monoisotopic (exact) mass is 342 g/mol. The summed E-state index contributed by atoms with van der Waals surface area (Å²) >= 11 is 0. The maximum absolute atomic E-state index is 12.2. The molecule has 2 aliphatic heterocycles. The lowest BCUT2D eigenvalue weighted by Gasteiger charge is -2.29. The van der Waals surface area contributed by atoms with Gasteiger partial charge in [-0.2, -0.15) is 0 Å². The molecule has 0 aromatic heterocycles. The van der Waals surface area contributed by atoms with E-state index in [-0.39, 0.29) is 37.4 Å². The van der Waals surface area contributed by atoms with Gasteiger partial charge >= 0.3 is 12.0 Å². The number of Topliss-reactive ketones (excluding diaryl/α,β-unsaturated/α-hetero) is 1. The van der Waals surface area contributed by atoms with Crippen LogP contribution >= 0.6 is 0 Å². The zero-order valence-electron chi connectivity index (χ0n) is 14.5. The molecule has 1 N–H and O–H groups in total. The molecular formula is C16H26N2O6. The summed E-state index contributed by atoms with van der Waals surface area (Å²) in [5, 5.41) is 10.3. The zero-order chi connectivity index (χ0) is 17.9. The second kappa shape index (κ2) is 7.48. The summed E-state index contributed by atoms with van der Waals surface area (Å²) in [7, 11) is 0. The average molecular weight is 342 g/mol. The Kier molecular flexibility index (Phi) is 5.82. The van der Waals surface area contributed by atoms with Crippen LogP contribution in [0.3, 0.4) is 0 Å². The molecule has 136 valence electrons. The van der Waals surface area contributed by atoms with E-state index in [1.807, 2.05) is 20.8 Å². The van der Waals surface area contributed by atoms with Crippen LogP contribution in [-0.4, -0.2) is 70.4 Å². The predicted molar refractivity (Wildman–Crippen MR) is 83.4 cm³/mol. The van der Waals surface area contributed by atoms with Gasteiger partial charge in [-0.05, 0) is 40.0 Å². The molecule has 0 radical (unpaired) electrons. The SMILES string of the molecule is CC(C)(C)OC(=O)CCCOCC(=O)[C@@H]1CC[C@@H]2CN1C(=O)N2O. The molecule has 0 saturated carbocycles. The lowest BCUT2D eigenvalue weighted by Crippen LogP contribution is -2.46. The smallest absolute Gasteiger partial charge is 0.344 e. The molecule has 0 aromatic rings. The molecule has 2 heterocycles. The van der Waals surface area contributed by atoms with Crippen LogP contribution in [0.2, 0.25) is 0 Å². The fourth-order valence-corrected chi connectivity index (χ4v) is 2.97. The van der Waals surface area contributed by atoms with Crippen LogP contribution in [0.25, 0.3) is 0 Å². The van der Waals surface area contributed by atoms with Crippen LogP contribution in [-0.2, 0) is 19.1 Å². The second-order valence-electron chi connectivity index (χ2n) is 7.24. The van der Waals surface area contributed by atoms with Crippen molar-refractivity contribution in [1.82, 2.24) is 9.96 Å². The van der Waals surface area contributed by atoms with Crippen molar-refractivity contribution in [3.05, 3.63) is 0 Å². The molecule has 2 fully saturated rings. The van der Waals surface area contributed by atoms with Crippen LogP contribution < -0.4 is 0 Å². The van der Waals surface area contributed by atoms with Gasteiger partial charge in [0.25, 0.3) is 0 Å². The molecule has 24 heavy (non-hydrogen) atoms. The number of carbonyl (C=O) groups is 3. The van der Waals surface area contributed by atoms with E-state index in [4.69, 9.17) is 9.47 Å². The molecule has 2 saturated heterocycles. The largest absolute Gasteiger partial charge is 0.460 e. The third kappa shape index (κ3) is 4.67. The number of esters is 1. The molecule has 2 bridgehead atoms. The lowest BCUT2D eigenvalue weighted by molar-refractivity contribution is -0.155. The Morgan fingerprint density at radius 3 is 2.67 bits per heavy atom. The molecule has 8 nitrogen and oxygen atoms in total. The second-order valence-corrected chi connectivity index (χ2v) is 7.24. The predicted octanol–water partition coefficient (Wildman–Crippen LogP) is 1.35. The van der Waals surface area contributed by atoms with Crippen LogP contribution in [0, 0.1) is 0 Å². The number of ketones is 1. The van der Waals surface area contributed by atoms with Crippen molar-refractivity contribution >= 4 is 17.8 Å². The van der Waals surface area contributed by atoms with Crippen molar-refractivity contribution < 1.29 is 29.1 Å². The molecule has 0 unspecified atom stereocenters. The summed E-state index contributed by atoms with van der Waals surface area (Å²) < 4.78 is 10.5. The fraction of sp³-hybridized carbons (Fsp3) is 0.812. The van der Waals surface area contributed by atoms with Gasteiger partial charge in [-0.25, -0.2) is 9.86 Å². The number of piperidine rings is 1. The average Bonchev–Trinajstić information content (AvgIpc) is 2.70. The fourth-order valence-electron chi connectivity index (χ4n) is 2.97. The highest BCUT2D eigenvalue weighted by Crippen LogP contribution is 2.28. The van der Waals surface area contributed by atoms with Crippen molar-refractivity contribution in [2.45, 2.75) is 64.1 Å². The highest BCUT2D eigenvalue weighted by Gasteiger charge is 2.46. The Morgan fingerprint density at radius 1 is 1.29 bits per heavy atom. The number of nitrogens with zero attached hydrogens (tertiary/aromatic N) is 2. The third-order valence-electron chi connectivity index (χ3n) is 4.05. The highest BCUT2D eigenvalue weighted by molar-refractivity contribution is 5.90. The number of rotatable bonds is 7. The van der Waals surface area contributed by atoms with Gasteiger partial charge in [0.1, 0.15) is 12.2 Å². The number of urea groups is 1. The first kappa shape index (κ1) is 18.7. The van der Waals surface area contributed by atoms with Gasteiger partial charge in [-0.3, -0.25) is 14.8 Å². The Morgan fingerprint density at radius 2 is 2.00 bits per heavy atom. The minimum absolute atomic E-state index is 0.0984. The van der Waals surface area contributed by atoms with E-state index >= 15 is 0 Å². The summed E-state index contributed by atoms with van der Waals surface area (Å²) in [5.74, 6) is -0.462. The maximum atomic E-state index is 12.2. The van der Waals surface area contributed by atoms with Crippen LogP contribution in [0.4, 0.5) is 4.79 Å². The summed E-state index contributed by atoms with van der Waals surface area (Å²) in [6.07, 6.45) is 1.85. The molecule has 0 spiro atoms. The van der Waals surface area contributed by atoms with Crippen molar-refractivity contribution in [3.8, 4) is 0 Å². The number of hydrogen-bond donors (Lipinski definition) is 1. The Balaban J connectivity index is 1.65. The standard InChI is InChI=1S/C16H26N2O6/c1-16(2,3)24-14(20)5-4-8-23-10-13(19)12-7-6-11-9-17(12)15(21)18(11)22/h11-12,22H,4-10H2,1-3H3/t11-,12+/m1/s1. The number of ether oxygens (including phenoxy) is 2. The number of hydrogen-bond acceptors (Lipinski definition) is 6. The van der Waals surface area contributed by atoms with Crippen LogP contribution in [0.1, 0.15) is 46.5 Å². The molecule has 2 rings (SSSR count). The lowest BCUT2D eigenvalue weighted by atomic mass is 9.98. The van der Waals surface area contributed by atoms with E-state index in [0.29, 0.717) is 25.8 Å². The molecule has 0 aliphatic carbocycles. The Hall–Kier alpha value is -1.67.